The highest BCUT2D eigenvalue weighted by molar-refractivity contribution is 7.89. The van der Waals surface area contributed by atoms with Gasteiger partial charge in [-0.25, -0.2) is 13.2 Å². The summed E-state index contributed by atoms with van der Waals surface area (Å²) in [6.07, 6.45) is 0. The largest absolute Gasteiger partial charge is 0.497 e. The molecule has 1 fully saturated rings. The molecule has 1 aliphatic rings. The van der Waals surface area contributed by atoms with Gasteiger partial charge < -0.3 is 19.1 Å². The van der Waals surface area contributed by atoms with Gasteiger partial charge in [0.05, 0.1) is 24.7 Å². The number of ether oxygens (including phenoxy) is 3. The van der Waals surface area contributed by atoms with E-state index in [9.17, 15) is 18.0 Å². The van der Waals surface area contributed by atoms with Gasteiger partial charge >= 0.3 is 5.97 Å². The van der Waals surface area contributed by atoms with Crippen LogP contribution in [0.2, 0.25) is 0 Å². The van der Waals surface area contributed by atoms with Crippen LogP contribution in [-0.4, -0.2) is 76.5 Å². The molecule has 1 heterocycles. The first-order chi connectivity index (χ1) is 16.8. The van der Waals surface area contributed by atoms with Crippen LogP contribution in [0.3, 0.4) is 0 Å². The van der Waals surface area contributed by atoms with E-state index in [0.29, 0.717) is 11.5 Å². The Morgan fingerprint density at radius 3 is 2.09 bits per heavy atom. The molecule has 4 rings (SSSR count). The number of benzene rings is 3. The van der Waals surface area contributed by atoms with Crippen molar-refractivity contribution in [2.45, 2.75) is 4.90 Å². The molecule has 35 heavy (non-hydrogen) atoms. The maximum absolute atomic E-state index is 13.1. The summed E-state index contributed by atoms with van der Waals surface area (Å²) in [5.41, 5.74) is 0.195. The summed E-state index contributed by atoms with van der Waals surface area (Å²) >= 11 is 0. The quantitative estimate of drug-likeness (QED) is 0.461. The highest BCUT2D eigenvalue weighted by Gasteiger charge is 2.30. The van der Waals surface area contributed by atoms with Gasteiger partial charge in [0.15, 0.2) is 6.61 Å². The van der Waals surface area contributed by atoms with E-state index >= 15 is 0 Å². The molecule has 0 unspecified atom stereocenters. The Labute approximate surface area is 203 Å². The second-order valence-electron chi connectivity index (χ2n) is 7.97. The number of carbonyl (C=O) groups excluding carboxylic acids is 2. The Kier molecular flexibility index (Phi) is 7.23. The molecule has 0 saturated carbocycles. The minimum absolute atomic E-state index is 0.155. The molecular formula is C25H26N2O7S. The topological polar surface area (TPSA) is 102 Å². The number of hydrogen-bond acceptors (Lipinski definition) is 7. The number of nitrogens with zero attached hydrogens (tertiary/aromatic N) is 2. The maximum atomic E-state index is 13.1. The summed E-state index contributed by atoms with van der Waals surface area (Å²) in [6.45, 7) is 0.270. The molecule has 3 aromatic carbocycles. The molecule has 1 aliphatic heterocycles. The lowest BCUT2D eigenvalue weighted by molar-refractivity contribution is -0.135. The molecule has 10 heteroatoms. The predicted octanol–water partition coefficient (Wildman–Crippen LogP) is 2.55. The first-order valence-corrected chi connectivity index (χ1v) is 12.4. The van der Waals surface area contributed by atoms with Crippen molar-refractivity contribution in [3.8, 4) is 11.5 Å². The summed E-state index contributed by atoms with van der Waals surface area (Å²) in [4.78, 5) is 26.7. The van der Waals surface area contributed by atoms with E-state index in [0.717, 1.165) is 10.8 Å². The lowest BCUT2D eigenvalue weighted by atomic mass is 10.1. The fourth-order valence-corrected chi connectivity index (χ4v) is 5.34. The van der Waals surface area contributed by atoms with E-state index in [-0.39, 0.29) is 36.6 Å². The van der Waals surface area contributed by atoms with Crippen LogP contribution in [0.1, 0.15) is 10.4 Å². The van der Waals surface area contributed by atoms with Crippen molar-refractivity contribution in [2.24, 2.45) is 0 Å². The SMILES string of the molecule is COc1cc(OC)cc(C(=O)OCC(=O)N2CCN(S(=O)(=O)c3ccc4ccccc4c3)CC2)c1. The second-order valence-corrected chi connectivity index (χ2v) is 9.91. The maximum Gasteiger partial charge on any atom is 0.338 e. The van der Waals surface area contributed by atoms with Crippen molar-refractivity contribution in [1.29, 1.82) is 0 Å². The Hall–Kier alpha value is -3.63. The highest BCUT2D eigenvalue weighted by Crippen LogP contribution is 2.24. The first-order valence-electron chi connectivity index (χ1n) is 11.0. The third kappa shape index (κ3) is 5.39. The number of hydrogen-bond donors (Lipinski definition) is 0. The Balaban J connectivity index is 1.34. The lowest BCUT2D eigenvalue weighted by Crippen LogP contribution is -2.51. The van der Waals surface area contributed by atoms with Crippen LogP contribution in [0.25, 0.3) is 10.8 Å². The molecule has 1 saturated heterocycles. The van der Waals surface area contributed by atoms with Crippen LogP contribution < -0.4 is 9.47 Å². The van der Waals surface area contributed by atoms with Gasteiger partial charge in [-0.3, -0.25) is 4.79 Å². The zero-order chi connectivity index (χ0) is 25.0. The summed E-state index contributed by atoms with van der Waals surface area (Å²) in [7, 11) is -0.760. The minimum atomic E-state index is -3.69. The molecule has 0 aromatic heterocycles. The Bertz CT molecular complexity index is 1330. The van der Waals surface area contributed by atoms with Crippen LogP contribution in [-0.2, 0) is 19.6 Å². The van der Waals surface area contributed by atoms with Gasteiger partial charge in [-0.05, 0) is 35.0 Å². The average molecular weight is 499 g/mol. The number of methoxy groups -OCH3 is 2. The second kappa shape index (κ2) is 10.3. The normalized spacial score (nSPS) is 14.5. The van der Waals surface area contributed by atoms with E-state index in [1.807, 2.05) is 24.3 Å². The van der Waals surface area contributed by atoms with Gasteiger partial charge in [0.25, 0.3) is 5.91 Å². The standard InChI is InChI=1S/C25H26N2O7S/c1-32-21-13-20(14-22(16-21)33-2)25(29)34-17-24(28)26-9-11-27(12-10-26)35(30,31)23-8-7-18-5-3-4-6-19(18)15-23/h3-8,13-16H,9-12,17H2,1-2H3. The number of rotatable bonds is 7. The van der Waals surface area contributed by atoms with Crippen LogP contribution in [0, 0.1) is 0 Å². The fraction of sp³-hybridized carbons (Fsp3) is 0.280. The molecule has 3 aromatic rings. The van der Waals surface area contributed by atoms with Crippen molar-refractivity contribution in [1.82, 2.24) is 9.21 Å². The molecular weight excluding hydrogens is 472 g/mol. The van der Waals surface area contributed by atoms with Crippen molar-refractivity contribution in [3.05, 3.63) is 66.2 Å². The summed E-state index contributed by atoms with van der Waals surface area (Å²) in [6, 6.07) is 17.2. The molecule has 9 nitrogen and oxygen atoms in total. The van der Waals surface area contributed by atoms with Gasteiger partial charge in [0.1, 0.15) is 11.5 Å². The predicted molar refractivity (Wildman–Crippen MR) is 129 cm³/mol. The molecule has 0 radical (unpaired) electrons. The van der Waals surface area contributed by atoms with E-state index in [1.165, 1.54) is 35.6 Å². The molecule has 0 bridgehead atoms. The number of amides is 1. The van der Waals surface area contributed by atoms with Crippen molar-refractivity contribution >= 4 is 32.7 Å². The van der Waals surface area contributed by atoms with Crippen molar-refractivity contribution < 1.29 is 32.2 Å². The number of sulfonamides is 1. The van der Waals surface area contributed by atoms with Gasteiger partial charge in [-0.15, -0.1) is 0 Å². The average Bonchev–Trinajstić information content (AvgIpc) is 2.90. The zero-order valence-corrected chi connectivity index (χ0v) is 20.3. The Morgan fingerprint density at radius 2 is 1.46 bits per heavy atom. The zero-order valence-electron chi connectivity index (χ0n) is 19.5. The van der Waals surface area contributed by atoms with Crippen LogP contribution in [0.4, 0.5) is 0 Å². The van der Waals surface area contributed by atoms with E-state index in [1.54, 1.807) is 24.3 Å². The van der Waals surface area contributed by atoms with Gasteiger partial charge in [0.2, 0.25) is 10.0 Å². The molecule has 0 spiro atoms. The summed E-state index contributed by atoms with van der Waals surface area (Å²) < 4.78 is 43.1. The number of piperazine rings is 1. The van der Waals surface area contributed by atoms with Gasteiger partial charge in [-0.1, -0.05) is 30.3 Å². The Morgan fingerprint density at radius 1 is 0.829 bits per heavy atom. The van der Waals surface area contributed by atoms with Gasteiger partial charge in [0, 0.05) is 32.2 Å². The molecule has 0 atom stereocenters. The third-order valence-electron chi connectivity index (χ3n) is 5.86. The molecule has 0 aliphatic carbocycles. The van der Waals surface area contributed by atoms with Crippen LogP contribution in [0.5, 0.6) is 11.5 Å². The fourth-order valence-electron chi connectivity index (χ4n) is 3.88. The number of carbonyl (C=O) groups is 2. The number of fused-ring (bicyclic) bond motifs is 1. The first kappa shape index (κ1) is 24.5. The summed E-state index contributed by atoms with van der Waals surface area (Å²) in [5.74, 6) is -0.234. The monoisotopic (exact) mass is 498 g/mol. The van der Waals surface area contributed by atoms with Crippen molar-refractivity contribution in [3.63, 3.8) is 0 Å². The third-order valence-corrected chi connectivity index (χ3v) is 7.76. The van der Waals surface area contributed by atoms with Crippen LogP contribution >= 0.6 is 0 Å². The highest BCUT2D eigenvalue weighted by atomic mass is 32.2. The van der Waals surface area contributed by atoms with E-state index in [2.05, 4.69) is 0 Å². The summed E-state index contributed by atoms with van der Waals surface area (Å²) in [5, 5.41) is 1.81. The molecule has 184 valence electrons. The van der Waals surface area contributed by atoms with E-state index in [4.69, 9.17) is 14.2 Å². The molecule has 1 amide bonds. The van der Waals surface area contributed by atoms with Crippen LogP contribution in [0.15, 0.2) is 65.6 Å². The molecule has 0 N–H and O–H groups in total. The van der Waals surface area contributed by atoms with Gasteiger partial charge in [-0.2, -0.15) is 4.31 Å². The smallest absolute Gasteiger partial charge is 0.338 e. The number of esters is 1. The lowest BCUT2D eigenvalue weighted by Gasteiger charge is -2.33. The minimum Gasteiger partial charge on any atom is -0.497 e. The van der Waals surface area contributed by atoms with E-state index < -0.39 is 28.5 Å². The van der Waals surface area contributed by atoms with Crippen molar-refractivity contribution in [2.75, 3.05) is 47.0 Å².